The Bertz CT molecular complexity index is 525. The Kier molecular flexibility index (Phi) is 5.30. The molecular formula is C16H19NO2S. The second-order valence-corrected chi connectivity index (χ2v) is 5.52. The normalized spacial score (nSPS) is 13.7. The van der Waals surface area contributed by atoms with Gasteiger partial charge < -0.3 is 9.73 Å². The number of furan rings is 1. The van der Waals surface area contributed by atoms with Gasteiger partial charge in [0, 0.05) is 12.5 Å². The third-order valence-corrected chi connectivity index (χ3v) is 3.47. The van der Waals surface area contributed by atoms with Crippen LogP contribution in [0.15, 0.2) is 53.1 Å². The quantitative estimate of drug-likeness (QED) is 0.803. The van der Waals surface area contributed by atoms with Gasteiger partial charge in [-0.05, 0) is 31.0 Å². The number of rotatable bonds is 6. The highest BCUT2D eigenvalue weighted by Gasteiger charge is 2.17. The van der Waals surface area contributed by atoms with E-state index in [0.717, 1.165) is 11.3 Å². The zero-order chi connectivity index (χ0) is 14.4. The number of hydrogen-bond donors (Lipinski definition) is 2. The monoisotopic (exact) mass is 289 g/mol. The molecule has 0 aliphatic carbocycles. The van der Waals surface area contributed by atoms with Gasteiger partial charge in [0.2, 0.25) is 5.91 Å². The zero-order valence-electron chi connectivity index (χ0n) is 11.5. The molecule has 106 valence electrons. The smallest absolute Gasteiger partial charge is 0.233 e. The SMILES string of the molecule is CC(Cc1ccco1)NC(=O)C(S)Cc1ccccc1. The van der Waals surface area contributed by atoms with Gasteiger partial charge in [0.05, 0.1) is 11.5 Å². The third kappa shape index (κ3) is 4.46. The van der Waals surface area contributed by atoms with Crippen LogP contribution in [0.4, 0.5) is 0 Å². The van der Waals surface area contributed by atoms with Gasteiger partial charge in [0.25, 0.3) is 0 Å². The van der Waals surface area contributed by atoms with Crippen molar-refractivity contribution in [2.45, 2.75) is 31.1 Å². The van der Waals surface area contributed by atoms with Crippen LogP contribution in [-0.4, -0.2) is 17.2 Å². The average molecular weight is 289 g/mol. The van der Waals surface area contributed by atoms with E-state index in [4.69, 9.17) is 4.42 Å². The van der Waals surface area contributed by atoms with Crippen molar-refractivity contribution in [3.63, 3.8) is 0 Å². The van der Waals surface area contributed by atoms with Crippen molar-refractivity contribution >= 4 is 18.5 Å². The van der Waals surface area contributed by atoms with Crippen LogP contribution >= 0.6 is 12.6 Å². The van der Waals surface area contributed by atoms with E-state index < -0.39 is 0 Å². The second kappa shape index (κ2) is 7.20. The van der Waals surface area contributed by atoms with Crippen molar-refractivity contribution in [2.75, 3.05) is 0 Å². The summed E-state index contributed by atoms with van der Waals surface area (Å²) in [6.07, 6.45) is 2.95. The van der Waals surface area contributed by atoms with E-state index in [-0.39, 0.29) is 17.2 Å². The van der Waals surface area contributed by atoms with Crippen molar-refractivity contribution in [3.05, 3.63) is 60.1 Å². The summed E-state index contributed by atoms with van der Waals surface area (Å²) >= 11 is 4.39. The molecule has 20 heavy (non-hydrogen) atoms. The summed E-state index contributed by atoms with van der Waals surface area (Å²) in [5, 5.41) is 2.63. The van der Waals surface area contributed by atoms with Gasteiger partial charge in [-0.1, -0.05) is 30.3 Å². The number of hydrogen-bond acceptors (Lipinski definition) is 3. The van der Waals surface area contributed by atoms with Gasteiger partial charge in [-0.15, -0.1) is 0 Å². The topological polar surface area (TPSA) is 42.2 Å². The van der Waals surface area contributed by atoms with Gasteiger partial charge in [0.15, 0.2) is 0 Å². The highest BCUT2D eigenvalue weighted by Crippen LogP contribution is 2.09. The lowest BCUT2D eigenvalue weighted by molar-refractivity contribution is -0.121. The molecule has 1 heterocycles. The molecule has 1 amide bonds. The first-order valence-electron chi connectivity index (χ1n) is 6.70. The lowest BCUT2D eigenvalue weighted by Gasteiger charge is -2.16. The molecule has 4 heteroatoms. The number of thiol groups is 1. The molecule has 3 nitrogen and oxygen atoms in total. The lowest BCUT2D eigenvalue weighted by atomic mass is 10.1. The Labute approximate surface area is 124 Å². The largest absolute Gasteiger partial charge is 0.469 e. The number of carbonyl (C=O) groups excluding carboxylic acids is 1. The maximum absolute atomic E-state index is 12.1. The van der Waals surface area contributed by atoms with E-state index in [0.29, 0.717) is 12.8 Å². The minimum atomic E-state index is -0.337. The molecule has 1 aromatic carbocycles. The van der Waals surface area contributed by atoms with Crippen LogP contribution in [0.3, 0.4) is 0 Å². The van der Waals surface area contributed by atoms with E-state index in [9.17, 15) is 4.79 Å². The first-order chi connectivity index (χ1) is 9.65. The average Bonchev–Trinajstić information content (AvgIpc) is 2.92. The number of benzene rings is 1. The predicted molar refractivity (Wildman–Crippen MR) is 82.9 cm³/mol. The van der Waals surface area contributed by atoms with E-state index in [1.807, 2.05) is 49.4 Å². The summed E-state index contributed by atoms with van der Waals surface area (Å²) in [7, 11) is 0. The molecule has 1 N–H and O–H groups in total. The van der Waals surface area contributed by atoms with E-state index in [1.54, 1.807) is 6.26 Å². The van der Waals surface area contributed by atoms with Crippen LogP contribution in [0.2, 0.25) is 0 Å². The van der Waals surface area contributed by atoms with Crippen molar-refractivity contribution < 1.29 is 9.21 Å². The molecule has 0 aliphatic rings. The van der Waals surface area contributed by atoms with Crippen LogP contribution < -0.4 is 5.32 Å². The van der Waals surface area contributed by atoms with Crippen molar-refractivity contribution in [2.24, 2.45) is 0 Å². The number of carbonyl (C=O) groups is 1. The summed E-state index contributed by atoms with van der Waals surface area (Å²) < 4.78 is 5.27. The molecule has 0 fully saturated rings. The highest BCUT2D eigenvalue weighted by molar-refractivity contribution is 7.81. The number of nitrogens with one attached hydrogen (secondary N) is 1. The molecular weight excluding hydrogens is 270 g/mol. The Morgan fingerprint density at radius 1 is 1.20 bits per heavy atom. The Balaban J connectivity index is 1.81. The predicted octanol–water partition coefficient (Wildman–Crippen LogP) is 2.87. The third-order valence-electron chi connectivity index (χ3n) is 3.05. The minimum Gasteiger partial charge on any atom is -0.469 e. The Morgan fingerprint density at radius 3 is 2.60 bits per heavy atom. The first-order valence-corrected chi connectivity index (χ1v) is 7.21. The Hall–Kier alpha value is -1.68. The minimum absolute atomic E-state index is 0.0269. The molecule has 2 atom stereocenters. The summed E-state index contributed by atoms with van der Waals surface area (Å²) in [4.78, 5) is 12.1. The summed E-state index contributed by atoms with van der Waals surface area (Å²) in [6.45, 7) is 1.96. The lowest BCUT2D eigenvalue weighted by Crippen LogP contribution is -2.39. The van der Waals surface area contributed by atoms with Crippen LogP contribution in [-0.2, 0) is 17.6 Å². The fourth-order valence-electron chi connectivity index (χ4n) is 2.05. The van der Waals surface area contributed by atoms with Crippen LogP contribution in [0.5, 0.6) is 0 Å². The van der Waals surface area contributed by atoms with Crippen molar-refractivity contribution in [1.82, 2.24) is 5.32 Å². The summed E-state index contributed by atoms with van der Waals surface area (Å²) in [6, 6.07) is 13.7. The van der Waals surface area contributed by atoms with E-state index in [1.165, 1.54) is 0 Å². The van der Waals surface area contributed by atoms with E-state index >= 15 is 0 Å². The van der Waals surface area contributed by atoms with Crippen molar-refractivity contribution in [1.29, 1.82) is 0 Å². The van der Waals surface area contributed by atoms with Crippen molar-refractivity contribution in [3.8, 4) is 0 Å². The van der Waals surface area contributed by atoms with Gasteiger partial charge in [0.1, 0.15) is 5.76 Å². The first kappa shape index (κ1) is 14.7. The summed E-state index contributed by atoms with van der Waals surface area (Å²) in [5.41, 5.74) is 1.11. The van der Waals surface area contributed by atoms with E-state index in [2.05, 4.69) is 17.9 Å². The Morgan fingerprint density at radius 2 is 1.95 bits per heavy atom. The van der Waals surface area contributed by atoms with Crippen LogP contribution in [0, 0.1) is 0 Å². The molecule has 1 aromatic heterocycles. The van der Waals surface area contributed by atoms with Gasteiger partial charge in [-0.3, -0.25) is 4.79 Å². The van der Waals surface area contributed by atoms with Crippen LogP contribution in [0.1, 0.15) is 18.2 Å². The molecule has 0 bridgehead atoms. The fourth-order valence-corrected chi connectivity index (χ4v) is 2.34. The summed E-state index contributed by atoms with van der Waals surface area (Å²) in [5.74, 6) is 0.827. The number of amides is 1. The fraction of sp³-hybridized carbons (Fsp3) is 0.312. The molecule has 0 radical (unpaired) electrons. The zero-order valence-corrected chi connectivity index (χ0v) is 12.3. The van der Waals surface area contributed by atoms with Gasteiger partial charge >= 0.3 is 0 Å². The molecule has 2 aromatic rings. The molecule has 2 unspecified atom stereocenters. The highest BCUT2D eigenvalue weighted by atomic mass is 32.1. The maximum atomic E-state index is 12.1. The van der Waals surface area contributed by atoms with Gasteiger partial charge in [-0.25, -0.2) is 0 Å². The molecule has 2 rings (SSSR count). The van der Waals surface area contributed by atoms with Gasteiger partial charge in [-0.2, -0.15) is 12.6 Å². The van der Waals surface area contributed by atoms with Crippen LogP contribution in [0.25, 0.3) is 0 Å². The molecule has 0 saturated carbocycles. The molecule has 0 saturated heterocycles. The molecule has 0 spiro atoms. The standard InChI is InChI=1S/C16H19NO2S/c1-12(10-14-8-5-9-19-14)17-16(18)15(20)11-13-6-3-2-4-7-13/h2-9,12,15,20H,10-11H2,1H3,(H,17,18). The maximum Gasteiger partial charge on any atom is 0.233 e. The molecule has 0 aliphatic heterocycles. The second-order valence-electron chi connectivity index (χ2n) is 4.90.